The summed E-state index contributed by atoms with van der Waals surface area (Å²) in [7, 11) is 1.63. The predicted octanol–water partition coefficient (Wildman–Crippen LogP) is 2.35. The van der Waals surface area contributed by atoms with Crippen LogP contribution in [-0.4, -0.2) is 38.9 Å². The quantitative estimate of drug-likeness (QED) is 0.525. The van der Waals surface area contributed by atoms with E-state index < -0.39 is 0 Å². The van der Waals surface area contributed by atoms with Crippen LogP contribution < -0.4 is 15.8 Å². The molecule has 0 bridgehead atoms. The van der Waals surface area contributed by atoms with Crippen molar-refractivity contribution in [1.82, 2.24) is 24.7 Å². The molecule has 4 aromatic rings. The summed E-state index contributed by atoms with van der Waals surface area (Å²) in [6, 6.07) is 13.3. The number of nitrogens with zero attached hydrogens (tertiary/aromatic N) is 4. The van der Waals surface area contributed by atoms with Crippen molar-refractivity contribution in [2.24, 2.45) is 0 Å². The molecule has 0 radical (unpaired) electrons. The zero-order chi connectivity index (χ0) is 20.2. The Morgan fingerprint density at radius 2 is 2.07 bits per heavy atom. The highest BCUT2D eigenvalue weighted by atomic mass is 16.5. The van der Waals surface area contributed by atoms with Crippen LogP contribution in [0.2, 0.25) is 0 Å². The third-order valence-electron chi connectivity index (χ3n) is 4.49. The van der Waals surface area contributed by atoms with Gasteiger partial charge in [-0.05, 0) is 42.3 Å². The minimum Gasteiger partial charge on any atom is -0.497 e. The van der Waals surface area contributed by atoms with Gasteiger partial charge in [0.25, 0.3) is 5.91 Å². The number of nitrogen functional groups attached to an aromatic ring is 1. The number of ether oxygens (including phenoxy) is 1. The smallest absolute Gasteiger partial charge is 0.271 e. The first-order chi connectivity index (χ1) is 14.1. The van der Waals surface area contributed by atoms with Gasteiger partial charge < -0.3 is 20.2 Å². The third kappa shape index (κ3) is 4.16. The van der Waals surface area contributed by atoms with E-state index in [1.807, 2.05) is 42.6 Å². The van der Waals surface area contributed by atoms with Gasteiger partial charge in [-0.2, -0.15) is 0 Å². The molecule has 0 saturated heterocycles. The largest absolute Gasteiger partial charge is 0.497 e. The second-order valence-corrected chi connectivity index (χ2v) is 6.47. The fraction of sp³-hybridized carbons (Fsp3) is 0.143. The number of benzene rings is 1. The van der Waals surface area contributed by atoms with Crippen LogP contribution in [0.1, 0.15) is 16.1 Å². The molecule has 8 heteroatoms. The fourth-order valence-electron chi connectivity index (χ4n) is 3.03. The second kappa shape index (κ2) is 7.97. The van der Waals surface area contributed by atoms with Gasteiger partial charge in [-0.1, -0.05) is 12.1 Å². The van der Waals surface area contributed by atoms with Gasteiger partial charge in [-0.15, -0.1) is 0 Å². The summed E-state index contributed by atoms with van der Waals surface area (Å²) in [4.78, 5) is 25.0. The van der Waals surface area contributed by atoms with Crippen molar-refractivity contribution in [2.45, 2.75) is 6.42 Å². The van der Waals surface area contributed by atoms with Crippen molar-refractivity contribution in [3.63, 3.8) is 0 Å². The van der Waals surface area contributed by atoms with Crippen LogP contribution in [0, 0.1) is 0 Å². The van der Waals surface area contributed by atoms with Gasteiger partial charge >= 0.3 is 0 Å². The molecule has 4 rings (SSSR count). The topological polar surface area (TPSA) is 107 Å². The molecular weight excluding hydrogens is 368 g/mol. The number of carbonyl (C=O) groups is 1. The number of anilines is 1. The molecule has 0 saturated carbocycles. The third-order valence-corrected chi connectivity index (χ3v) is 4.49. The van der Waals surface area contributed by atoms with E-state index in [9.17, 15) is 4.79 Å². The van der Waals surface area contributed by atoms with E-state index in [-0.39, 0.29) is 11.9 Å². The molecule has 146 valence electrons. The van der Waals surface area contributed by atoms with Gasteiger partial charge in [-0.3, -0.25) is 4.79 Å². The molecule has 0 unspecified atom stereocenters. The van der Waals surface area contributed by atoms with Gasteiger partial charge in [0, 0.05) is 30.7 Å². The number of nitrogens with two attached hydrogens (primary N) is 1. The molecule has 3 N–H and O–H groups in total. The first-order valence-electron chi connectivity index (χ1n) is 9.11. The Labute approximate surface area is 167 Å². The van der Waals surface area contributed by atoms with Crippen molar-refractivity contribution in [1.29, 1.82) is 0 Å². The number of pyridine rings is 1. The van der Waals surface area contributed by atoms with Crippen molar-refractivity contribution < 1.29 is 9.53 Å². The summed E-state index contributed by atoms with van der Waals surface area (Å²) < 4.78 is 7.01. The van der Waals surface area contributed by atoms with Crippen LogP contribution in [-0.2, 0) is 6.42 Å². The monoisotopic (exact) mass is 388 g/mol. The van der Waals surface area contributed by atoms with Crippen LogP contribution in [0.25, 0.3) is 16.9 Å². The number of imidazole rings is 1. The zero-order valence-electron chi connectivity index (χ0n) is 15.9. The van der Waals surface area contributed by atoms with Gasteiger partial charge in [0.1, 0.15) is 17.1 Å². The predicted molar refractivity (Wildman–Crippen MR) is 110 cm³/mol. The summed E-state index contributed by atoms with van der Waals surface area (Å²) in [5, 5.41) is 2.91. The number of amides is 1. The lowest BCUT2D eigenvalue weighted by Crippen LogP contribution is -2.25. The SMILES string of the molecule is COc1cccc(CCNC(=O)c2cn3cc(-c4ccnc(N)n4)ccc3n2)c1. The highest BCUT2D eigenvalue weighted by Gasteiger charge is 2.11. The molecule has 0 aliphatic carbocycles. The van der Waals surface area contributed by atoms with E-state index in [0.29, 0.717) is 30.0 Å². The van der Waals surface area contributed by atoms with E-state index in [1.165, 1.54) is 0 Å². The van der Waals surface area contributed by atoms with Crippen LogP contribution in [0.4, 0.5) is 5.95 Å². The van der Waals surface area contributed by atoms with E-state index in [4.69, 9.17) is 10.5 Å². The normalized spacial score (nSPS) is 10.8. The van der Waals surface area contributed by atoms with Crippen LogP contribution >= 0.6 is 0 Å². The van der Waals surface area contributed by atoms with E-state index in [2.05, 4.69) is 20.3 Å². The summed E-state index contributed by atoms with van der Waals surface area (Å²) >= 11 is 0. The van der Waals surface area contributed by atoms with Gasteiger partial charge in [0.2, 0.25) is 5.95 Å². The van der Waals surface area contributed by atoms with Crippen LogP contribution in [0.3, 0.4) is 0 Å². The van der Waals surface area contributed by atoms with E-state index in [0.717, 1.165) is 16.9 Å². The maximum Gasteiger partial charge on any atom is 0.271 e. The summed E-state index contributed by atoms with van der Waals surface area (Å²) in [5.41, 5.74) is 9.34. The number of hydrogen-bond acceptors (Lipinski definition) is 6. The molecule has 0 atom stereocenters. The maximum absolute atomic E-state index is 12.5. The molecule has 3 aromatic heterocycles. The Morgan fingerprint density at radius 1 is 1.17 bits per heavy atom. The van der Waals surface area contributed by atoms with E-state index >= 15 is 0 Å². The molecular formula is C21H20N6O2. The lowest BCUT2D eigenvalue weighted by Gasteiger charge is -2.05. The number of carbonyl (C=O) groups excluding carboxylic acids is 1. The summed E-state index contributed by atoms with van der Waals surface area (Å²) in [6.45, 7) is 0.505. The molecule has 8 nitrogen and oxygen atoms in total. The van der Waals surface area contributed by atoms with Crippen LogP contribution in [0.5, 0.6) is 5.75 Å². The zero-order valence-corrected chi connectivity index (χ0v) is 15.9. The summed E-state index contributed by atoms with van der Waals surface area (Å²) in [5.74, 6) is 0.796. The molecule has 1 amide bonds. The minimum absolute atomic E-state index is 0.212. The first kappa shape index (κ1) is 18.4. The maximum atomic E-state index is 12.5. The van der Waals surface area contributed by atoms with E-state index in [1.54, 1.807) is 30.0 Å². The lowest BCUT2D eigenvalue weighted by molar-refractivity contribution is 0.0950. The number of rotatable bonds is 6. The lowest BCUT2D eigenvalue weighted by atomic mass is 10.1. The average Bonchev–Trinajstić information content (AvgIpc) is 3.17. The first-order valence-corrected chi connectivity index (χ1v) is 9.11. The second-order valence-electron chi connectivity index (χ2n) is 6.47. The Bertz CT molecular complexity index is 1170. The van der Waals surface area contributed by atoms with Crippen molar-refractivity contribution in [3.8, 4) is 17.0 Å². The molecule has 0 aliphatic heterocycles. The molecule has 0 aliphatic rings. The number of fused-ring (bicyclic) bond motifs is 1. The molecule has 1 aromatic carbocycles. The number of methoxy groups -OCH3 is 1. The number of hydrogen-bond donors (Lipinski definition) is 2. The molecule has 0 fully saturated rings. The Balaban J connectivity index is 1.45. The Hall–Kier alpha value is -3.94. The Kier molecular flexibility index (Phi) is 5.07. The molecule has 0 spiro atoms. The van der Waals surface area contributed by atoms with Gasteiger partial charge in [0.15, 0.2) is 0 Å². The standard InChI is InChI=1S/C21H20N6O2/c1-29-16-4-2-3-14(11-16)7-9-23-20(28)18-13-27-12-15(5-6-19(27)25-18)17-8-10-24-21(22)26-17/h2-6,8,10-13H,7,9H2,1H3,(H,23,28)(H2,22,24,26). The van der Waals surface area contributed by atoms with Crippen molar-refractivity contribution in [2.75, 3.05) is 19.4 Å². The van der Waals surface area contributed by atoms with Crippen molar-refractivity contribution >= 4 is 17.5 Å². The summed E-state index contributed by atoms with van der Waals surface area (Å²) in [6.07, 6.45) is 5.87. The highest BCUT2D eigenvalue weighted by Crippen LogP contribution is 2.18. The van der Waals surface area contributed by atoms with Crippen molar-refractivity contribution in [3.05, 3.63) is 72.3 Å². The number of nitrogens with one attached hydrogen (secondary N) is 1. The minimum atomic E-state index is -0.218. The van der Waals surface area contributed by atoms with Crippen LogP contribution in [0.15, 0.2) is 61.1 Å². The van der Waals surface area contributed by atoms with Gasteiger partial charge in [0.05, 0.1) is 12.8 Å². The van der Waals surface area contributed by atoms with Gasteiger partial charge in [-0.25, -0.2) is 15.0 Å². The number of aromatic nitrogens is 4. The molecule has 3 heterocycles. The Morgan fingerprint density at radius 3 is 2.90 bits per heavy atom. The average molecular weight is 388 g/mol. The molecule has 29 heavy (non-hydrogen) atoms. The fourth-order valence-corrected chi connectivity index (χ4v) is 3.03. The highest BCUT2D eigenvalue weighted by molar-refractivity contribution is 5.92.